The lowest BCUT2D eigenvalue weighted by atomic mass is 9.87. The molecule has 0 fully saturated rings. The first kappa shape index (κ1) is 12.9. The van der Waals surface area contributed by atoms with E-state index >= 15 is 0 Å². The van der Waals surface area contributed by atoms with E-state index in [4.69, 9.17) is 5.73 Å². The van der Waals surface area contributed by atoms with Crippen molar-refractivity contribution in [2.45, 2.75) is 59.5 Å². The van der Waals surface area contributed by atoms with Crippen LogP contribution in [0.4, 0.5) is 0 Å². The van der Waals surface area contributed by atoms with Crippen molar-refractivity contribution in [1.29, 1.82) is 0 Å². The molecule has 0 rings (SSSR count). The Morgan fingerprint density at radius 3 is 2.15 bits per heavy atom. The predicted molar refractivity (Wildman–Crippen MR) is 59.8 cm³/mol. The van der Waals surface area contributed by atoms with E-state index in [0.717, 1.165) is 19.4 Å². The third-order valence-corrected chi connectivity index (χ3v) is 1.94. The Balaban J connectivity index is 3.46. The Bertz CT molecular complexity index is 125. The summed E-state index contributed by atoms with van der Waals surface area (Å²) in [7, 11) is 0. The van der Waals surface area contributed by atoms with Gasteiger partial charge in [0.1, 0.15) is 0 Å². The Labute approximate surface area is 83.3 Å². The molecule has 0 saturated heterocycles. The van der Waals surface area contributed by atoms with Crippen LogP contribution in [0.3, 0.4) is 0 Å². The molecule has 0 radical (unpaired) electrons. The molecule has 2 nitrogen and oxygen atoms in total. The van der Waals surface area contributed by atoms with Crippen molar-refractivity contribution >= 4 is 0 Å². The fourth-order valence-corrected chi connectivity index (χ4v) is 1.45. The van der Waals surface area contributed by atoms with Gasteiger partial charge in [0.15, 0.2) is 0 Å². The van der Waals surface area contributed by atoms with E-state index in [2.05, 4.69) is 39.9 Å². The Morgan fingerprint density at radius 1 is 1.23 bits per heavy atom. The van der Waals surface area contributed by atoms with Gasteiger partial charge in [0, 0.05) is 12.1 Å². The summed E-state index contributed by atoms with van der Waals surface area (Å²) < 4.78 is 0. The van der Waals surface area contributed by atoms with Crippen molar-refractivity contribution < 1.29 is 0 Å². The number of hydrogen-bond donors (Lipinski definition) is 2. The summed E-state index contributed by atoms with van der Waals surface area (Å²) in [5.74, 6) is 0. The van der Waals surface area contributed by atoms with Crippen LogP contribution in [-0.4, -0.2) is 18.6 Å². The Hall–Kier alpha value is -0.0800. The molecule has 13 heavy (non-hydrogen) atoms. The van der Waals surface area contributed by atoms with Crippen LogP contribution in [0, 0.1) is 5.41 Å². The van der Waals surface area contributed by atoms with Gasteiger partial charge < -0.3 is 11.1 Å². The highest BCUT2D eigenvalue weighted by molar-refractivity contribution is 4.72. The van der Waals surface area contributed by atoms with Crippen molar-refractivity contribution in [3.63, 3.8) is 0 Å². The van der Waals surface area contributed by atoms with E-state index in [9.17, 15) is 0 Å². The minimum Gasteiger partial charge on any atom is -0.328 e. The highest BCUT2D eigenvalue weighted by Gasteiger charge is 2.14. The average Bonchev–Trinajstić information content (AvgIpc) is 1.81. The van der Waals surface area contributed by atoms with E-state index in [1.54, 1.807) is 0 Å². The third kappa shape index (κ3) is 9.84. The van der Waals surface area contributed by atoms with Crippen LogP contribution in [0.2, 0.25) is 0 Å². The smallest absolute Gasteiger partial charge is 0.00558 e. The highest BCUT2D eigenvalue weighted by Crippen LogP contribution is 2.20. The maximum absolute atomic E-state index is 6.01. The first-order chi connectivity index (χ1) is 5.81. The number of hydrogen-bond acceptors (Lipinski definition) is 2. The van der Waals surface area contributed by atoms with Crippen LogP contribution in [0.15, 0.2) is 0 Å². The molecule has 1 unspecified atom stereocenters. The molecule has 3 N–H and O–H groups in total. The van der Waals surface area contributed by atoms with Crippen LogP contribution in [-0.2, 0) is 0 Å². The second-order valence-electron chi connectivity index (χ2n) is 5.42. The van der Waals surface area contributed by atoms with Gasteiger partial charge in [-0.25, -0.2) is 0 Å². The zero-order valence-corrected chi connectivity index (χ0v) is 9.85. The number of nitrogens with one attached hydrogen (secondary N) is 1. The standard InChI is InChI=1S/C11H26N2/c1-9(2)13-7-6-10(12)8-11(3,4)5/h9-10,13H,6-8,12H2,1-5H3. The summed E-state index contributed by atoms with van der Waals surface area (Å²) in [5, 5.41) is 3.38. The maximum Gasteiger partial charge on any atom is 0.00558 e. The van der Waals surface area contributed by atoms with Gasteiger partial charge in [0.25, 0.3) is 0 Å². The first-order valence-corrected chi connectivity index (χ1v) is 5.30. The second-order valence-corrected chi connectivity index (χ2v) is 5.42. The van der Waals surface area contributed by atoms with Crippen molar-refractivity contribution in [3.8, 4) is 0 Å². The Morgan fingerprint density at radius 2 is 1.77 bits per heavy atom. The SMILES string of the molecule is CC(C)NCCC(N)CC(C)(C)C. The molecule has 80 valence electrons. The molecular formula is C11H26N2. The molecule has 1 atom stereocenters. The fourth-order valence-electron chi connectivity index (χ4n) is 1.45. The summed E-state index contributed by atoms with van der Waals surface area (Å²) in [5.41, 5.74) is 6.36. The molecule has 0 bridgehead atoms. The minimum atomic E-state index is 0.339. The van der Waals surface area contributed by atoms with Gasteiger partial charge in [-0.1, -0.05) is 34.6 Å². The second kappa shape index (κ2) is 5.61. The van der Waals surface area contributed by atoms with E-state index in [1.165, 1.54) is 0 Å². The summed E-state index contributed by atoms with van der Waals surface area (Å²) in [6.45, 7) is 12.1. The predicted octanol–water partition coefficient (Wildman–Crippen LogP) is 2.14. The molecule has 0 aliphatic rings. The van der Waals surface area contributed by atoms with Gasteiger partial charge in [-0.15, -0.1) is 0 Å². The zero-order valence-electron chi connectivity index (χ0n) is 9.85. The Kier molecular flexibility index (Phi) is 5.57. The molecule has 2 heteroatoms. The van der Waals surface area contributed by atoms with Crippen LogP contribution in [0.25, 0.3) is 0 Å². The molecule has 0 saturated carbocycles. The van der Waals surface area contributed by atoms with Gasteiger partial charge >= 0.3 is 0 Å². The summed E-state index contributed by atoms with van der Waals surface area (Å²) in [6.07, 6.45) is 2.18. The summed E-state index contributed by atoms with van der Waals surface area (Å²) in [4.78, 5) is 0. The summed E-state index contributed by atoms with van der Waals surface area (Å²) in [6, 6.07) is 0.910. The van der Waals surface area contributed by atoms with Crippen molar-refractivity contribution in [2.75, 3.05) is 6.54 Å². The first-order valence-electron chi connectivity index (χ1n) is 5.30. The van der Waals surface area contributed by atoms with E-state index in [0.29, 0.717) is 17.5 Å². The molecule has 0 spiro atoms. The molecule has 0 aromatic heterocycles. The third-order valence-electron chi connectivity index (χ3n) is 1.94. The number of rotatable bonds is 5. The highest BCUT2D eigenvalue weighted by atomic mass is 14.9. The normalized spacial score (nSPS) is 15.0. The monoisotopic (exact) mass is 186 g/mol. The van der Waals surface area contributed by atoms with E-state index in [-0.39, 0.29) is 0 Å². The lowest BCUT2D eigenvalue weighted by Crippen LogP contribution is -2.32. The molecule has 0 heterocycles. The topological polar surface area (TPSA) is 38.0 Å². The summed E-state index contributed by atoms with van der Waals surface area (Å²) >= 11 is 0. The molecule has 0 aliphatic carbocycles. The van der Waals surface area contributed by atoms with E-state index in [1.807, 2.05) is 0 Å². The van der Waals surface area contributed by atoms with Gasteiger partial charge in [-0.2, -0.15) is 0 Å². The van der Waals surface area contributed by atoms with Crippen molar-refractivity contribution in [1.82, 2.24) is 5.32 Å². The number of nitrogens with two attached hydrogens (primary N) is 1. The maximum atomic E-state index is 6.01. The molecule has 0 aromatic carbocycles. The molecule has 0 aromatic rings. The van der Waals surface area contributed by atoms with Crippen LogP contribution in [0.5, 0.6) is 0 Å². The van der Waals surface area contributed by atoms with Crippen LogP contribution < -0.4 is 11.1 Å². The lowest BCUT2D eigenvalue weighted by Gasteiger charge is -2.23. The van der Waals surface area contributed by atoms with Crippen LogP contribution >= 0.6 is 0 Å². The zero-order chi connectivity index (χ0) is 10.5. The van der Waals surface area contributed by atoms with Gasteiger partial charge in [-0.05, 0) is 24.8 Å². The van der Waals surface area contributed by atoms with Crippen molar-refractivity contribution in [2.24, 2.45) is 11.1 Å². The van der Waals surface area contributed by atoms with Crippen LogP contribution in [0.1, 0.15) is 47.5 Å². The molecular weight excluding hydrogens is 160 g/mol. The largest absolute Gasteiger partial charge is 0.328 e. The van der Waals surface area contributed by atoms with Crippen molar-refractivity contribution in [3.05, 3.63) is 0 Å². The quantitative estimate of drug-likeness (QED) is 0.690. The van der Waals surface area contributed by atoms with Gasteiger partial charge in [0.05, 0.1) is 0 Å². The lowest BCUT2D eigenvalue weighted by molar-refractivity contribution is 0.327. The average molecular weight is 186 g/mol. The van der Waals surface area contributed by atoms with Gasteiger partial charge in [0.2, 0.25) is 0 Å². The van der Waals surface area contributed by atoms with E-state index < -0.39 is 0 Å². The molecule has 0 aliphatic heterocycles. The molecule has 0 amide bonds. The fraction of sp³-hybridized carbons (Fsp3) is 1.00. The van der Waals surface area contributed by atoms with Gasteiger partial charge in [-0.3, -0.25) is 0 Å². The minimum absolute atomic E-state index is 0.339.